The lowest BCUT2D eigenvalue weighted by atomic mass is 10.1. The summed E-state index contributed by atoms with van der Waals surface area (Å²) in [6, 6.07) is 7.89. The SMILES string of the molecule is CCC(NC(C)c1cccc(Br)c1)C(=O)OC. The molecule has 0 fully saturated rings. The standard InChI is InChI=1S/C13H18BrNO2/c1-4-12(13(16)17-3)15-9(2)10-6-5-7-11(14)8-10/h5-9,12,15H,4H2,1-3H3. The maximum Gasteiger partial charge on any atom is 0.322 e. The number of esters is 1. The largest absolute Gasteiger partial charge is 0.468 e. The van der Waals surface area contributed by atoms with Crippen LogP contribution in [-0.2, 0) is 9.53 Å². The van der Waals surface area contributed by atoms with Crippen molar-refractivity contribution in [3.8, 4) is 0 Å². The Bertz CT molecular complexity index is 381. The first-order chi connectivity index (χ1) is 8.08. The van der Waals surface area contributed by atoms with Crippen molar-refractivity contribution in [2.45, 2.75) is 32.4 Å². The van der Waals surface area contributed by atoms with Gasteiger partial charge in [-0.3, -0.25) is 10.1 Å². The van der Waals surface area contributed by atoms with E-state index in [4.69, 9.17) is 4.74 Å². The number of ether oxygens (including phenoxy) is 1. The maximum atomic E-state index is 11.5. The van der Waals surface area contributed by atoms with E-state index in [1.807, 2.05) is 38.1 Å². The summed E-state index contributed by atoms with van der Waals surface area (Å²) >= 11 is 3.44. The Hall–Kier alpha value is -0.870. The van der Waals surface area contributed by atoms with Gasteiger partial charge in [-0.1, -0.05) is 35.0 Å². The normalized spacial score (nSPS) is 14.1. The van der Waals surface area contributed by atoms with Crippen LogP contribution in [0.4, 0.5) is 0 Å². The molecule has 0 aliphatic rings. The molecule has 0 saturated carbocycles. The van der Waals surface area contributed by atoms with Gasteiger partial charge in [0.1, 0.15) is 6.04 Å². The minimum absolute atomic E-state index is 0.108. The predicted octanol–water partition coefficient (Wildman–Crippen LogP) is 3.05. The van der Waals surface area contributed by atoms with Crippen LogP contribution < -0.4 is 5.32 Å². The number of halogens is 1. The summed E-state index contributed by atoms with van der Waals surface area (Å²) < 4.78 is 5.79. The Kier molecular flexibility index (Phi) is 5.65. The highest BCUT2D eigenvalue weighted by atomic mass is 79.9. The molecule has 0 aliphatic carbocycles. The number of methoxy groups -OCH3 is 1. The minimum Gasteiger partial charge on any atom is -0.468 e. The van der Waals surface area contributed by atoms with Gasteiger partial charge in [0, 0.05) is 10.5 Å². The molecular formula is C13H18BrNO2. The summed E-state index contributed by atoms with van der Waals surface area (Å²) in [5.74, 6) is -0.214. The molecule has 0 radical (unpaired) electrons. The first-order valence-electron chi connectivity index (χ1n) is 5.67. The number of rotatable bonds is 5. The van der Waals surface area contributed by atoms with E-state index in [1.54, 1.807) is 0 Å². The number of hydrogen-bond acceptors (Lipinski definition) is 3. The van der Waals surface area contributed by atoms with E-state index in [2.05, 4.69) is 21.2 Å². The summed E-state index contributed by atoms with van der Waals surface area (Å²) in [6.45, 7) is 4.00. The fourth-order valence-electron chi connectivity index (χ4n) is 1.67. The van der Waals surface area contributed by atoms with Crippen LogP contribution in [-0.4, -0.2) is 19.1 Å². The topological polar surface area (TPSA) is 38.3 Å². The van der Waals surface area contributed by atoms with Gasteiger partial charge >= 0.3 is 5.97 Å². The van der Waals surface area contributed by atoms with Crippen LogP contribution in [0.3, 0.4) is 0 Å². The molecule has 0 aliphatic heterocycles. The molecule has 0 aromatic heterocycles. The molecule has 1 aromatic rings. The number of carbonyl (C=O) groups excluding carboxylic acids is 1. The molecule has 0 heterocycles. The molecule has 0 saturated heterocycles. The van der Waals surface area contributed by atoms with E-state index >= 15 is 0 Å². The average molecular weight is 300 g/mol. The van der Waals surface area contributed by atoms with Crippen LogP contribution >= 0.6 is 15.9 Å². The van der Waals surface area contributed by atoms with E-state index in [0.29, 0.717) is 6.42 Å². The predicted molar refractivity (Wildman–Crippen MR) is 71.8 cm³/mol. The monoisotopic (exact) mass is 299 g/mol. The number of benzene rings is 1. The van der Waals surface area contributed by atoms with Gasteiger partial charge in [0.2, 0.25) is 0 Å². The Morgan fingerprint density at radius 2 is 2.24 bits per heavy atom. The Labute approximate surface area is 111 Å². The molecule has 0 amide bonds. The fourth-order valence-corrected chi connectivity index (χ4v) is 2.09. The lowest BCUT2D eigenvalue weighted by Gasteiger charge is -2.20. The second-order valence-corrected chi connectivity index (χ2v) is 4.84. The number of hydrogen-bond donors (Lipinski definition) is 1. The van der Waals surface area contributed by atoms with Crippen molar-refractivity contribution in [3.05, 3.63) is 34.3 Å². The molecule has 2 unspecified atom stereocenters. The average Bonchev–Trinajstić information content (AvgIpc) is 2.34. The summed E-state index contributed by atoms with van der Waals surface area (Å²) in [6.07, 6.45) is 0.713. The molecule has 2 atom stereocenters. The van der Waals surface area contributed by atoms with Crippen molar-refractivity contribution in [2.24, 2.45) is 0 Å². The van der Waals surface area contributed by atoms with Gasteiger partial charge in [-0.05, 0) is 31.0 Å². The fraction of sp³-hybridized carbons (Fsp3) is 0.462. The zero-order valence-corrected chi connectivity index (χ0v) is 12.0. The van der Waals surface area contributed by atoms with Gasteiger partial charge in [0.25, 0.3) is 0 Å². The molecule has 17 heavy (non-hydrogen) atoms. The lowest BCUT2D eigenvalue weighted by molar-refractivity contribution is -0.143. The van der Waals surface area contributed by atoms with Crippen molar-refractivity contribution in [2.75, 3.05) is 7.11 Å². The number of carbonyl (C=O) groups is 1. The summed E-state index contributed by atoms with van der Waals surface area (Å²) in [4.78, 5) is 11.5. The van der Waals surface area contributed by atoms with E-state index in [-0.39, 0.29) is 18.1 Å². The summed E-state index contributed by atoms with van der Waals surface area (Å²) in [5.41, 5.74) is 1.14. The van der Waals surface area contributed by atoms with Gasteiger partial charge in [-0.25, -0.2) is 0 Å². The quantitative estimate of drug-likeness (QED) is 0.849. The highest BCUT2D eigenvalue weighted by Gasteiger charge is 2.19. The zero-order valence-electron chi connectivity index (χ0n) is 10.4. The third-order valence-corrected chi connectivity index (χ3v) is 3.19. The molecule has 0 bridgehead atoms. The van der Waals surface area contributed by atoms with Gasteiger partial charge in [0.15, 0.2) is 0 Å². The Balaban J connectivity index is 2.70. The van der Waals surface area contributed by atoms with Crippen molar-refractivity contribution in [3.63, 3.8) is 0 Å². The zero-order chi connectivity index (χ0) is 12.8. The third-order valence-electron chi connectivity index (χ3n) is 2.69. The molecular weight excluding hydrogens is 282 g/mol. The van der Waals surface area contributed by atoms with E-state index < -0.39 is 0 Å². The summed E-state index contributed by atoms with van der Waals surface area (Å²) in [7, 11) is 1.41. The third kappa shape index (κ3) is 4.13. The van der Waals surface area contributed by atoms with Crippen molar-refractivity contribution < 1.29 is 9.53 Å². The maximum absolute atomic E-state index is 11.5. The van der Waals surface area contributed by atoms with Crippen LogP contribution in [0.15, 0.2) is 28.7 Å². The smallest absolute Gasteiger partial charge is 0.322 e. The van der Waals surface area contributed by atoms with Gasteiger partial charge in [-0.15, -0.1) is 0 Å². The lowest BCUT2D eigenvalue weighted by Crippen LogP contribution is -2.38. The van der Waals surface area contributed by atoms with Gasteiger partial charge < -0.3 is 4.74 Å². The molecule has 3 nitrogen and oxygen atoms in total. The Morgan fingerprint density at radius 3 is 2.76 bits per heavy atom. The van der Waals surface area contributed by atoms with Crippen molar-refractivity contribution in [1.82, 2.24) is 5.32 Å². The molecule has 1 aromatic carbocycles. The Morgan fingerprint density at radius 1 is 1.53 bits per heavy atom. The van der Waals surface area contributed by atoms with Crippen LogP contribution in [0.25, 0.3) is 0 Å². The molecule has 0 spiro atoms. The van der Waals surface area contributed by atoms with Gasteiger partial charge in [0.05, 0.1) is 7.11 Å². The van der Waals surface area contributed by atoms with Crippen LogP contribution in [0.1, 0.15) is 31.9 Å². The van der Waals surface area contributed by atoms with Crippen LogP contribution in [0, 0.1) is 0 Å². The molecule has 1 rings (SSSR count). The van der Waals surface area contributed by atoms with Crippen molar-refractivity contribution in [1.29, 1.82) is 0 Å². The first kappa shape index (κ1) is 14.2. The van der Waals surface area contributed by atoms with E-state index in [0.717, 1.165) is 10.0 Å². The van der Waals surface area contributed by atoms with E-state index in [9.17, 15) is 4.79 Å². The van der Waals surface area contributed by atoms with Crippen molar-refractivity contribution >= 4 is 21.9 Å². The van der Waals surface area contributed by atoms with E-state index in [1.165, 1.54) is 7.11 Å². The highest BCUT2D eigenvalue weighted by molar-refractivity contribution is 9.10. The second-order valence-electron chi connectivity index (χ2n) is 3.93. The first-order valence-corrected chi connectivity index (χ1v) is 6.47. The second kappa shape index (κ2) is 6.77. The number of nitrogens with one attached hydrogen (secondary N) is 1. The molecule has 94 valence electrons. The van der Waals surface area contributed by atoms with Gasteiger partial charge in [-0.2, -0.15) is 0 Å². The van der Waals surface area contributed by atoms with Crippen LogP contribution in [0.5, 0.6) is 0 Å². The molecule has 4 heteroatoms. The van der Waals surface area contributed by atoms with Crippen LogP contribution in [0.2, 0.25) is 0 Å². The minimum atomic E-state index is -0.256. The highest BCUT2D eigenvalue weighted by Crippen LogP contribution is 2.18. The summed E-state index contributed by atoms with van der Waals surface area (Å²) in [5, 5.41) is 3.27. The molecule has 1 N–H and O–H groups in total.